The van der Waals surface area contributed by atoms with Crippen LogP contribution in [0.5, 0.6) is 0 Å². The van der Waals surface area contributed by atoms with Gasteiger partial charge in [0.05, 0.1) is 12.3 Å². The van der Waals surface area contributed by atoms with E-state index in [0.29, 0.717) is 6.54 Å². The third-order valence-corrected chi connectivity index (χ3v) is 2.05. The molecule has 1 atom stereocenters. The maximum atomic E-state index is 11.4. The zero-order valence-electron chi connectivity index (χ0n) is 9.58. The number of aromatic nitrogens is 3. The van der Waals surface area contributed by atoms with Crippen LogP contribution in [0.2, 0.25) is 0 Å². The van der Waals surface area contributed by atoms with Crippen molar-refractivity contribution < 1.29 is 19.4 Å². The summed E-state index contributed by atoms with van der Waals surface area (Å²) in [6.07, 6.45) is 1.12. The minimum atomic E-state index is -1.18. The highest BCUT2D eigenvalue weighted by atomic mass is 16.5. The zero-order valence-corrected chi connectivity index (χ0v) is 9.58. The van der Waals surface area contributed by atoms with Crippen molar-refractivity contribution >= 4 is 11.9 Å². The van der Waals surface area contributed by atoms with Gasteiger partial charge in [0.1, 0.15) is 6.54 Å². The van der Waals surface area contributed by atoms with Gasteiger partial charge in [-0.3, -0.25) is 4.79 Å². The molecule has 17 heavy (non-hydrogen) atoms. The highest BCUT2D eigenvalue weighted by molar-refractivity contribution is 5.84. The van der Waals surface area contributed by atoms with Crippen molar-refractivity contribution in [2.24, 2.45) is 0 Å². The molecule has 8 heteroatoms. The SMILES string of the molecule is COC(C)CNC(=O)Cn1cc(C(=O)O)nn1. The number of carboxylic acids is 1. The van der Waals surface area contributed by atoms with Crippen LogP contribution in [0.1, 0.15) is 17.4 Å². The molecule has 0 aromatic carbocycles. The molecule has 1 unspecified atom stereocenters. The van der Waals surface area contributed by atoms with Crippen LogP contribution in [-0.2, 0) is 16.1 Å². The van der Waals surface area contributed by atoms with Crippen molar-refractivity contribution in [3.05, 3.63) is 11.9 Å². The van der Waals surface area contributed by atoms with Gasteiger partial charge in [-0.1, -0.05) is 5.21 Å². The van der Waals surface area contributed by atoms with Gasteiger partial charge in [-0.15, -0.1) is 5.10 Å². The van der Waals surface area contributed by atoms with Gasteiger partial charge in [0.25, 0.3) is 0 Å². The zero-order chi connectivity index (χ0) is 12.8. The van der Waals surface area contributed by atoms with Gasteiger partial charge >= 0.3 is 5.97 Å². The average molecular weight is 242 g/mol. The number of carbonyl (C=O) groups excluding carboxylic acids is 1. The largest absolute Gasteiger partial charge is 0.476 e. The Hall–Kier alpha value is -1.96. The first kappa shape index (κ1) is 13.1. The molecule has 1 heterocycles. The third-order valence-electron chi connectivity index (χ3n) is 2.05. The van der Waals surface area contributed by atoms with Crippen molar-refractivity contribution in [2.75, 3.05) is 13.7 Å². The van der Waals surface area contributed by atoms with Gasteiger partial charge < -0.3 is 15.2 Å². The van der Waals surface area contributed by atoms with E-state index in [0.717, 1.165) is 4.68 Å². The molecule has 1 aromatic heterocycles. The van der Waals surface area contributed by atoms with Gasteiger partial charge in [0.15, 0.2) is 5.69 Å². The van der Waals surface area contributed by atoms with E-state index in [1.165, 1.54) is 6.20 Å². The summed E-state index contributed by atoms with van der Waals surface area (Å²) >= 11 is 0. The lowest BCUT2D eigenvalue weighted by molar-refractivity contribution is -0.122. The number of carbonyl (C=O) groups is 2. The number of nitrogens with zero attached hydrogens (tertiary/aromatic N) is 3. The summed E-state index contributed by atoms with van der Waals surface area (Å²) in [5.74, 6) is -1.46. The minimum absolute atomic E-state index is 0.0727. The number of carboxylic acid groups (broad SMARTS) is 1. The number of rotatable bonds is 6. The molecule has 8 nitrogen and oxygen atoms in total. The Kier molecular flexibility index (Phi) is 4.58. The van der Waals surface area contributed by atoms with Crippen LogP contribution in [-0.4, -0.2) is 51.7 Å². The van der Waals surface area contributed by atoms with Crippen LogP contribution >= 0.6 is 0 Å². The fourth-order valence-electron chi connectivity index (χ4n) is 1.02. The summed E-state index contributed by atoms with van der Waals surface area (Å²) < 4.78 is 6.12. The van der Waals surface area contributed by atoms with E-state index >= 15 is 0 Å². The molecule has 0 spiro atoms. The fraction of sp³-hybridized carbons (Fsp3) is 0.556. The van der Waals surface area contributed by atoms with Crippen LogP contribution < -0.4 is 5.32 Å². The van der Waals surface area contributed by atoms with E-state index in [2.05, 4.69) is 15.6 Å². The Bertz CT molecular complexity index is 403. The molecule has 0 saturated carbocycles. The summed E-state index contributed by atoms with van der Waals surface area (Å²) in [6.45, 7) is 2.13. The number of aromatic carboxylic acids is 1. The summed E-state index contributed by atoms with van der Waals surface area (Å²) in [5.41, 5.74) is -0.192. The van der Waals surface area contributed by atoms with E-state index < -0.39 is 5.97 Å². The molecule has 0 aliphatic heterocycles. The second-order valence-corrected chi connectivity index (χ2v) is 3.46. The van der Waals surface area contributed by atoms with Crippen molar-refractivity contribution in [1.82, 2.24) is 20.3 Å². The molecule has 0 saturated heterocycles. The van der Waals surface area contributed by atoms with Crippen LogP contribution in [0.4, 0.5) is 0 Å². The number of hydrogen-bond donors (Lipinski definition) is 2. The molecule has 1 amide bonds. The highest BCUT2D eigenvalue weighted by Crippen LogP contribution is 1.92. The lowest BCUT2D eigenvalue weighted by atomic mass is 10.4. The van der Waals surface area contributed by atoms with Crippen LogP contribution in [0.3, 0.4) is 0 Å². The number of ether oxygens (including phenoxy) is 1. The Balaban J connectivity index is 2.42. The van der Waals surface area contributed by atoms with E-state index in [9.17, 15) is 9.59 Å². The van der Waals surface area contributed by atoms with Crippen molar-refractivity contribution in [1.29, 1.82) is 0 Å². The second kappa shape index (κ2) is 5.94. The van der Waals surface area contributed by atoms with Crippen molar-refractivity contribution in [2.45, 2.75) is 19.6 Å². The van der Waals surface area contributed by atoms with Gasteiger partial charge in [0.2, 0.25) is 5.91 Å². The Morgan fingerprint density at radius 2 is 2.35 bits per heavy atom. The molecule has 1 rings (SSSR count). The standard InChI is InChI=1S/C9H14N4O4/c1-6(17-2)3-10-8(14)5-13-4-7(9(15)16)11-12-13/h4,6H,3,5H2,1-2H3,(H,10,14)(H,15,16). The summed E-state index contributed by atoms with van der Waals surface area (Å²) in [7, 11) is 1.55. The topological polar surface area (TPSA) is 106 Å². The molecule has 2 N–H and O–H groups in total. The lowest BCUT2D eigenvalue weighted by Gasteiger charge is -2.10. The van der Waals surface area contributed by atoms with E-state index in [4.69, 9.17) is 9.84 Å². The number of hydrogen-bond acceptors (Lipinski definition) is 5. The number of amides is 1. The van der Waals surface area contributed by atoms with Crippen molar-refractivity contribution in [3.8, 4) is 0 Å². The normalized spacial score (nSPS) is 12.1. The second-order valence-electron chi connectivity index (χ2n) is 3.46. The molecular formula is C9H14N4O4. The predicted octanol–water partition coefficient (Wildman–Crippen LogP) is -0.873. The highest BCUT2D eigenvalue weighted by Gasteiger charge is 2.10. The van der Waals surface area contributed by atoms with Gasteiger partial charge in [-0.25, -0.2) is 9.48 Å². The molecule has 0 aliphatic carbocycles. The first-order valence-corrected chi connectivity index (χ1v) is 4.96. The smallest absolute Gasteiger partial charge is 0.358 e. The molecule has 0 bridgehead atoms. The third kappa shape index (κ3) is 4.19. The van der Waals surface area contributed by atoms with Gasteiger partial charge in [-0.05, 0) is 6.92 Å². The quantitative estimate of drug-likeness (QED) is 0.671. The first-order valence-electron chi connectivity index (χ1n) is 4.96. The molecular weight excluding hydrogens is 228 g/mol. The lowest BCUT2D eigenvalue weighted by Crippen LogP contribution is -2.34. The molecule has 0 fully saturated rings. The number of nitrogens with one attached hydrogen (secondary N) is 1. The van der Waals surface area contributed by atoms with Crippen molar-refractivity contribution in [3.63, 3.8) is 0 Å². The van der Waals surface area contributed by atoms with Gasteiger partial charge in [0, 0.05) is 13.7 Å². The van der Waals surface area contributed by atoms with E-state index in [1.54, 1.807) is 7.11 Å². The van der Waals surface area contributed by atoms with E-state index in [-0.39, 0.29) is 24.2 Å². The average Bonchev–Trinajstić information content (AvgIpc) is 2.74. The Morgan fingerprint density at radius 3 is 2.88 bits per heavy atom. The monoisotopic (exact) mass is 242 g/mol. The van der Waals surface area contributed by atoms with Crippen LogP contribution in [0, 0.1) is 0 Å². The fourth-order valence-corrected chi connectivity index (χ4v) is 1.02. The minimum Gasteiger partial charge on any atom is -0.476 e. The molecule has 1 aromatic rings. The maximum absolute atomic E-state index is 11.4. The summed E-state index contributed by atoms with van der Waals surface area (Å²) in [4.78, 5) is 21.9. The first-order chi connectivity index (χ1) is 8.02. The maximum Gasteiger partial charge on any atom is 0.358 e. The Morgan fingerprint density at radius 1 is 1.65 bits per heavy atom. The predicted molar refractivity (Wildman–Crippen MR) is 56.5 cm³/mol. The molecule has 0 aliphatic rings. The summed E-state index contributed by atoms with van der Waals surface area (Å²) in [6, 6.07) is 0. The molecule has 0 radical (unpaired) electrons. The van der Waals surface area contributed by atoms with Crippen LogP contribution in [0.15, 0.2) is 6.20 Å². The van der Waals surface area contributed by atoms with Crippen LogP contribution in [0.25, 0.3) is 0 Å². The van der Waals surface area contributed by atoms with E-state index in [1.807, 2.05) is 6.92 Å². The summed E-state index contributed by atoms with van der Waals surface area (Å²) in [5, 5.41) is 18.1. The number of methoxy groups -OCH3 is 1. The van der Waals surface area contributed by atoms with Gasteiger partial charge in [-0.2, -0.15) is 0 Å². The molecule has 94 valence electrons. The Labute approximate surface area is 97.6 Å².